The normalized spacial score (nSPS) is 12.0. The molecule has 1 aromatic carbocycles. The molecule has 4 heteroatoms. The number of likely N-dealkylation sites (N-methyl/N-ethyl adjacent to an activating group) is 1. The molecule has 0 saturated carbocycles. The third-order valence-electron chi connectivity index (χ3n) is 3.25. The van der Waals surface area contributed by atoms with Crippen LogP contribution < -0.4 is 10.2 Å². The van der Waals surface area contributed by atoms with Gasteiger partial charge in [-0.05, 0) is 45.4 Å². The molecule has 0 fully saturated rings. The van der Waals surface area contributed by atoms with Crippen molar-refractivity contribution in [2.75, 3.05) is 24.5 Å². The number of nitrogens with zero attached hydrogens (tertiary/aromatic N) is 1. The summed E-state index contributed by atoms with van der Waals surface area (Å²) in [5.41, 5.74) is 0.713. The van der Waals surface area contributed by atoms with Gasteiger partial charge in [0.05, 0.1) is 5.60 Å². The smallest absolute Gasteiger partial charge is 0.129 e. The van der Waals surface area contributed by atoms with Crippen LogP contribution in [0, 0.1) is 11.7 Å². The summed E-state index contributed by atoms with van der Waals surface area (Å²) in [6, 6.07) is 5.14. The minimum atomic E-state index is -0.815. The Hall–Kier alpha value is -1.13. The van der Waals surface area contributed by atoms with Crippen molar-refractivity contribution >= 4 is 5.69 Å². The second-order valence-electron chi connectivity index (χ2n) is 6.59. The number of hydrogen-bond donors (Lipinski definition) is 2. The van der Waals surface area contributed by atoms with Gasteiger partial charge >= 0.3 is 0 Å². The SMILES string of the molecule is CCN(CC(C)(C)O)c1cccc(F)c1CNCC(C)C. The predicted octanol–water partition coefficient (Wildman–Crippen LogP) is 3.17. The van der Waals surface area contributed by atoms with E-state index in [1.807, 2.05) is 17.9 Å². The molecule has 1 aromatic rings. The van der Waals surface area contributed by atoms with E-state index in [1.54, 1.807) is 19.9 Å². The zero-order valence-electron chi connectivity index (χ0n) is 13.9. The first kappa shape index (κ1) is 17.9. The van der Waals surface area contributed by atoms with Crippen LogP contribution >= 0.6 is 0 Å². The topological polar surface area (TPSA) is 35.5 Å². The second kappa shape index (κ2) is 7.76. The Morgan fingerprint density at radius 1 is 1.33 bits per heavy atom. The van der Waals surface area contributed by atoms with E-state index in [0.717, 1.165) is 18.8 Å². The molecule has 0 aliphatic rings. The fourth-order valence-electron chi connectivity index (χ4n) is 2.34. The van der Waals surface area contributed by atoms with Gasteiger partial charge in [-0.25, -0.2) is 4.39 Å². The molecule has 21 heavy (non-hydrogen) atoms. The van der Waals surface area contributed by atoms with Crippen molar-refractivity contribution in [3.63, 3.8) is 0 Å². The van der Waals surface area contributed by atoms with Gasteiger partial charge < -0.3 is 15.3 Å². The van der Waals surface area contributed by atoms with Crippen molar-refractivity contribution in [2.45, 2.75) is 46.8 Å². The van der Waals surface area contributed by atoms with Gasteiger partial charge in [-0.15, -0.1) is 0 Å². The van der Waals surface area contributed by atoms with E-state index in [0.29, 0.717) is 24.6 Å². The van der Waals surface area contributed by atoms with Crippen LogP contribution in [0.5, 0.6) is 0 Å². The first-order chi connectivity index (χ1) is 9.74. The van der Waals surface area contributed by atoms with Gasteiger partial charge in [-0.2, -0.15) is 0 Å². The maximum Gasteiger partial charge on any atom is 0.129 e. The van der Waals surface area contributed by atoms with E-state index < -0.39 is 5.60 Å². The lowest BCUT2D eigenvalue weighted by Crippen LogP contribution is -2.39. The molecular formula is C17H29FN2O. The quantitative estimate of drug-likeness (QED) is 0.773. The highest BCUT2D eigenvalue weighted by Gasteiger charge is 2.20. The summed E-state index contributed by atoms with van der Waals surface area (Å²) in [5.74, 6) is 0.330. The number of anilines is 1. The highest BCUT2D eigenvalue weighted by atomic mass is 19.1. The number of nitrogens with one attached hydrogen (secondary N) is 1. The molecule has 0 amide bonds. The molecule has 120 valence electrons. The Labute approximate surface area is 128 Å². The number of benzene rings is 1. The van der Waals surface area contributed by atoms with Crippen LogP contribution in [0.2, 0.25) is 0 Å². The average molecular weight is 296 g/mol. The van der Waals surface area contributed by atoms with E-state index in [1.165, 1.54) is 6.07 Å². The highest BCUT2D eigenvalue weighted by molar-refractivity contribution is 5.54. The van der Waals surface area contributed by atoms with Crippen molar-refractivity contribution in [3.8, 4) is 0 Å². The molecule has 3 nitrogen and oxygen atoms in total. The van der Waals surface area contributed by atoms with Crippen LogP contribution in [-0.4, -0.2) is 30.3 Å². The van der Waals surface area contributed by atoms with E-state index in [9.17, 15) is 9.50 Å². The van der Waals surface area contributed by atoms with Crippen molar-refractivity contribution in [2.24, 2.45) is 5.92 Å². The molecule has 0 saturated heterocycles. The Bertz CT molecular complexity index is 441. The lowest BCUT2D eigenvalue weighted by Gasteiger charge is -2.31. The molecule has 0 atom stereocenters. The van der Waals surface area contributed by atoms with Gasteiger partial charge in [0.2, 0.25) is 0 Å². The maximum atomic E-state index is 14.2. The number of hydrogen-bond acceptors (Lipinski definition) is 3. The van der Waals surface area contributed by atoms with Gasteiger partial charge in [0.1, 0.15) is 5.82 Å². The minimum Gasteiger partial charge on any atom is -0.389 e. The van der Waals surface area contributed by atoms with Crippen molar-refractivity contribution in [1.82, 2.24) is 5.32 Å². The summed E-state index contributed by atoms with van der Waals surface area (Å²) >= 11 is 0. The average Bonchev–Trinajstić information content (AvgIpc) is 2.36. The Kier molecular flexibility index (Phi) is 6.62. The van der Waals surface area contributed by atoms with Crippen LogP contribution in [0.1, 0.15) is 40.2 Å². The van der Waals surface area contributed by atoms with Crippen LogP contribution in [0.15, 0.2) is 18.2 Å². The fourth-order valence-corrected chi connectivity index (χ4v) is 2.34. The van der Waals surface area contributed by atoms with E-state index in [4.69, 9.17) is 0 Å². The summed E-state index contributed by atoms with van der Waals surface area (Å²) in [6.07, 6.45) is 0. The van der Waals surface area contributed by atoms with Gasteiger partial charge in [0.25, 0.3) is 0 Å². The summed E-state index contributed by atoms with van der Waals surface area (Å²) < 4.78 is 14.2. The Morgan fingerprint density at radius 2 is 2.00 bits per heavy atom. The zero-order valence-corrected chi connectivity index (χ0v) is 13.9. The second-order valence-corrected chi connectivity index (χ2v) is 6.59. The van der Waals surface area contributed by atoms with E-state index >= 15 is 0 Å². The molecule has 0 aromatic heterocycles. The third-order valence-corrected chi connectivity index (χ3v) is 3.25. The molecule has 0 radical (unpaired) electrons. The van der Waals surface area contributed by atoms with Crippen LogP contribution in [0.3, 0.4) is 0 Å². The number of aliphatic hydroxyl groups is 1. The van der Waals surface area contributed by atoms with Gasteiger partial charge in [-0.1, -0.05) is 19.9 Å². The standard InChI is InChI=1S/C17H29FN2O/c1-6-20(12-17(4,5)21)16-9-7-8-15(18)14(16)11-19-10-13(2)3/h7-9,13,19,21H,6,10-12H2,1-5H3. The highest BCUT2D eigenvalue weighted by Crippen LogP contribution is 2.24. The lowest BCUT2D eigenvalue weighted by atomic mass is 10.1. The van der Waals surface area contributed by atoms with Crippen molar-refractivity contribution < 1.29 is 9.50 Å². The molecule has 0 aliphatic heterocycles. The molecule has 0 bridgehead atoms. The Morgan fingerprint density at radius 3 is 2.52 bits per heavy atom. The minimum absolute atomic E-state index is 0.196. The molecule has 0 spiro atoms. The predicted molar refractivity (Wildman–Crippen MR) is 87.1 cm³/mol. The van der Waals surface area contributed by atoms with Crippen LogP contribution in [0.4, 0.5) is 10.1 Å². The van der Waals surface area contributed by atoms with Crippen LogP contribution in [0.25, 0.3) is 0 Å². The summed E-state index contributed by atoms with van der Waals surface area (Å²) in [6.45, 7) is 12.4. The summed E-state index contributed by atoms with van der Waals surface area (Å²) in [5, 5.41) is 13.3. The molecule has 1 rings (SSSR count). The largest absolute Gasteiger partial charge is 0.389 e. The van der Waals surface area contributed by atoms with Crippen LogP contribution in [-0.2, 0) is 6.54 Å². The molecule has 0 unspecified atom stereocenters. The molecule has 0 heterocycles. The number of rotatable bonds is 8. The first-order valence-electron chi connectivity index (χ1n) is 7.70. The van der Waals surface area contributed by atoms with E-state index in [2.05, 4.69) is 19.2 Å². The van der Waals surface area contributed by atoms with Gasteiger partial charge in [0, 0.05) is 30.9 Å². The van der Waals surface area contributed by atoms with E-state index in [-0.39, 0.29) is 5.82 Å². The third kappa shape index (κ3) is 6.02. The van der Waals surface area contributed by atoms with Crippen molar-refractivity contribution in [1.29, 1.82) is 0 Å². The monoisotopic (exact) mass is 296 g/mol. The molecule has 0 aliphatic carbocycles. The maximum absolute atomic E-state index is 14.2. The lowest BCUT2D eigenvalue weighted by molar-refractivity contribution is 0.0875. The molecule has 2 N–H and O–H groups in total. The first-order valence-corrected chi connectivity index (χ1v) is 7.70. The number of halogens is 1. The fraction of sp³-hybridized carbons (Fsp3) is 0.647. The molecular weight excluding hydrogens is 267 g/mol. The zero-order chi connectivity index (χ0) is 16.0. The summed E-state index contributed by atoms with van der Waals surface area (Å²) in [7, 11) is 0. The Balaban J connectivity index is 2.96. The van der Waals surface area contributed by atoms with Crippen molar-refractivity contribution in [3.05, 3.63) is 29.6 Å². The van der Waals surface area contributed by atoms with Gasteiger partial charge in [-0.3, -0.25) is 0 Å². The summed E-state index contributed by atoms with van der Waals surface area (Å²) in [4.78, 5) is 2.02. The van der Waals surface area contributed by atoms with Gasteiger partial charge in [0.15, 0.2) is 0 Å².